The Morgan fingerprint density at radius 2 is 1.76 bits per heavy atom. The number of urea groups is 1. The Morgan fingerprint density at radius 1 is 1.08 bits per heavy atom. The molecule has 0 unspecified atom stereocenters. The van der Waals surface area contributed by atoms with Gasteiger partial charge in [0, 0.05) is 20.1 Å². The van der Waals surface area contributed by atoms with Crippen LogP contribution in [0.1, 0.15) is 11.1 Å². The third-order valence-electron chi connectivity index (χ3n) is 3.98. The molecule has 1 aliphatic heterocycles. The second kappa shape index (κ2) is 7.88. The van der Waals surface area contributed by atoms with Gasteiger partial charge in [0.05, 0.1) is 0 Å². The third kappa shape index (κ3) is 4.62. The first-order valence-electron chi connectivity index (χ1n) is 8.24. The van der Waals surface area contributed by atoms with Crippen LogP contribution >= 0.6 is 0 Å². The van der Waals surface area contributed by atoms with Crippen LogP contribution in [0.15, 0.2) is 42.5 Å². The van der Waals surface area contributed by atoms with E-state index in [0.717, 1.165) is 16.9 Å². The molecule has 0 bridgehead atoms. The quantitative estimate of drug-likeness (QED) is 0.907. The monoisotopic (exact) mass is 344 g/mol. The smallest absolute Gasteiger partial charge is 0.317 e. The average Bonchev–Trinajstić information content (AvgIpc) is 2.63. The van der Waals surface area contributed by atoms with Gasteiger partial charge >= 0.3 is 6.03 Å². The molecular formula is C19H21FN2O3. The van der Waals surface area contributed by atoms with Gasteiger partial charge in [-0.15, -0.1) is 0 Å². The Hall–Kier alpha value is -2.76. The van der Waals surface area contributed by atoms with Crippen LogP contribution in [-0.2, 0) is 13.0 Å². The SMILES string of the molecule is CN(Cc1ccc2c(c1)OCCO2)C(=O)NCCc1ccc(F)cc1. The fourth-order valence-corrected chi connectivity index (χ4v) is 2.63. The van der Waals surface area contributed by atoms with E-state index in [1.807, 2.05) is 18.2 Å². The Morgan fingerprint density at radius 3 is 2.52 bits per heavy atom. The molecule has 25 heavy (non-hydrogen) atoms. The van der Waals surface area contributed by atoms with Gasteiger partial charge in [0.15, 0.2) is 11.5 Å². The van der Waals surface area contributed by atoms with Crippen molar-refractivity contribution in [3.8, 4) is 11.5 Å². The van der Waals surface area contributed by atoms with Crippen LogP contribution in [0.4, 0.5) is 9.18 Å². The number of nitrogens with zero attached hydrogens (tertiary/aromatic N) is 1. The Balaban J connectivity index is 1.48. The van der Waals surface area contributed by atoms with E-state index >= 15 is 0 Å². The Labute approximate surface area is 146 Å². The zero-order valence-corrected chi connectivity index (χ0v) is 14.1. The molecule has 1 heterocycles. The zero-order chi connectivity index (χ0) is 17.6. The minimum atomic E-state index is -0.257. The maximum absolute atomic E-state index is 12.9. The standard InChI is InChI=1S/C19H21FN2O3/c1-22(13-15-4-7-17-18(12-15)25-11-10-24-17)19(23)21-9-8-14-2-5-16(20)6-3-14/h2-7,12H,8-11,13H2,1H3,(H,21,23). The third-order valence-corrected chi connectivity index (χ3v) is 3.98. The molecule has 0 saturated heterocycles. The summed E-state index contributed by atoms with van der Waals surface area (Å²) >= 11 is 0. The largest absolute Gasteiger partial charge is 0.486 e. The first-order chi connectivity index (χ1) is 12.1. The van der Waals surface area contributed by atoms with Gasteiger partial charge in [0.1, 0.15) is 19.0 Å². The van der Waals surface area contributed by atoms with E-state index in [2.05, 4.69) is 5.32 Å². The molecule has 3 rings (SSSR count). The molecule has 1 N–H and O–H groups in total. The second-order valence-electron chi connectivity index (χ2n) is 5.94. The van der Waals surface area contributed by atoms with Gasteiger partial charge in [-0.3, -0.25) is 0 Å². The molecule has 0 radical (unpaired) electrons. The number of benzene rings is 2. The highest BCUT2D eigenvalue weighted by atomic mass is 19.1. The zero-order valence-electron chi connectivity index (χ0n) is 14.1. The summed E-state index contributed by atoms with van der Waals surface area (Å²) in [5, 5.41) is 2.87. The molecule has 1 aliphatic rings. The van der Waals surface area contributed by atoms with E-state index in [-0.39, 0.29) is 11.8 Å². The van der Waals surface area contributed by atoms with E-state index in [1.165, 1.54) is 12.1 Å². The van der Waals surface area contributed by atoms with Crippen molar-refractivity contribution in [2.24, 2.45) is 0 Å². The lowest BCUT2D eigenvalue weighted by atomic mass is 10.1. The number of halogens is 1. The van der Waals surface area contributed by atoms with Crippen molar-refractivity contribution < 1.29 is 18.7 Å². The van der Waals surface area contributed by atoms with E-state index in [4.69, 9.17) is 9.47 Å². The highest BCUT2D eigenvalue weighted by molar-refractivity contribution is 5.73. The topological polar surface area (TPSA) is 50.8 Å². The highest BCUT2D eigenvalue weighted by Gasteiger charge is 2.14. The maximum Gasteiger partial charge on any atom is 0.317 e. The predicted molar refractivity (Wildman–Crippen MR) is 92.4 cm³/mol. The number of carbonyl (C=O) groups is 1. The minimum absolute atomic E-state index is 0.156. The number of rotatable bonds is 5. The Bertz CT molecular complexity index is 734. The lowest BCUT2D eigenvalue weighted by Crippen LogP contribution is -2.37. The summed E-state index contributed by atoms with van der Waals surface area (Å²) in [6.45, 7) is 2.06. The van der Waals surface area contributed by atoms with Crippen LogP contribution in [0, 0.1) is 5.82 Å². The molecule has 6 heteroatoms. The summed E-state index contributed by atoms with van der Waals surface area (Å²) in [7, 11) is 1.74. The fourth-order valence-electron chi connectivity index (χ4n) is 2.63. The maximum atomic E-state index is 12.9. The summed E-state index contributed by atoms with van der Waals surface area (Å²) in [5.74, 6) is 1.20. The van der Waals surface area contributed by atoms with Crippen molar-refractivity contribution >= 4 is 6.03 Å². The highest BCUT2D eigenvalue weighted by Crippen LogP contribution is 2.30. The van der Waals surface area contributed by atoms with Gasteiger partial charge in [0.25, 0.3) is 0 Å². The molecule has 5 nitrogen and oxygen atoms in total. The summed E-state index contributed by atoms with van der Waals surface area (Å²) < 4.78 is 23.9. The normalized spacial score (nSPS) is 12.6. The summed E-state index contributed by atoms with van der Waals surface area (Å²) in [6.07, 6.45) is 0.657. The fraction of sp³-hybridized carbons (Fsp3) is 0.316. The molecule has 0 fully saturated rings. The van der Waals surface area contributed by atoms with Gasteiger partial charge in [-0.25, -0.2) is 9.18 Å². The van der Waals surface area contributed by atoms with E-state index < -0.39 is 0 Å². The number of ether oxygens (including phenoxy) is 2. The van der Waals surface area contributed by atoms with Crippen LogP contribution in [0.5, 0.6) is 11.5 Å². The van der Waals surface area contributed by atoms with Gasteiger partial charge in [-0.1, -0.05) is 18.2 Å². The second-order valence-corrected chi connectivity index (χ2v) is 5.94. The molecule has 2 aromatic rings. The van der Waals surface area contributed by atoms with E-state index in [9.17, 15) is 9.18 Å². The number of fused-ring (bicyclic) bond motifs is 1. The van der Waals surface area contributed by atoms with Crippen LogP contribution in [-0.4, -0.2) is 37.7 Å². The molecule has 0 spiro atoms. The predicted octanol–water partition coefficient (Wildman–Crippen LogP) is 2.98. The molecule has 0 atom stereocenters. The van der Waals surface area contributed by atoms with Crippen LogP contribution in [0.25, 0.3) is 0 Å². The Kier molecular flexibility index (Phi) is 5.38. The number of nitrogens with one attached hydrogen (secondary N) is 1. The lowest BCUT2D eigenvalue weighted by Gasteiger charge is -2.21. The first-order valence-corrected chi connectivity index (χ1v) is 8.24. The van der Waals surface area contributed by atoms with Crippen LogP contribution in [0.2, 0.25) is 0 Å². The van der Waals surface area contributed by atoms with Crippen molar-refractivity contribution in [3.05, 3.63) is 59.4 Å². The van der Waals surface area contributed by atoms with Crippen LogP contribution in [0.3, 0.4) is 0 Å². The molecule has 0 aliphatic carbocycles. The van der Waals surface area contributed by atoms with E-state index in [0.29, 0.717) is 38.5 Å². The van der Waals surface area contributed by atoms with Crippen molar-refractivity contribution in [1.29, 1.82) is 0 Å². The van der Waals surface area contributed by atoms with Gasteiger partial charge in [0.2, 0.25) is 0 Å². The minimum Gasteiger partial charge on any atom is -0.486 e. The van der Waals surface area contributed by atoms with Crippen molar-refractivity contribution in [1.82, 2.24) is 10.2 Å². The lowest BCUT2D eigenvalue weighted by molar-refractivity contribution is 0.171. The summed E-state index contributed by atoms with van der Waals surface area (Å²) in [6, 6.07) is 11.8. The summed E-state index contributed by atoms with van der Waals surface area (Å²) in [4.78, 5) is 13.8. The summed E-state index contributed by atoms with van der Waals surface area (Å²) in [5.41, 5.74) is 1.96. The van der Waals surface area contributed by atoms with E-state index in [1.54, 1.807) is 24.1 Å². The number of carbonyl (C=O) groups excluding carboxylic acids is 1. The van der Waals surface area contributed by atoms with Crippen molar-refractivity contribution in [2.75, 3.05) is 26.8 Å². The average molecular weight is 344 g/mol. The molecule has 2 aromatic carbocycles. The molecule has 0 saturated carbocycles. The molecule has 2 amide bonds. The van der Waals surface area contributed by atoms with Gasteiger partial charge < -0.3 is 19.7 Å². The number of amides is 2. The van der Waals surface area contributed by atoms with Crippen molar-refractivity contribution in [2.45, 2.75) is 13.0 Å². The molecular weight excluding hydrogens is 323 g/mol. The van der Waals surface area contributed by atoms with Gasteiger partial charge in [-0.2, -0.15) is 0 Å². The molecule has 0 aromatic heterocycles. The number of hydrogen-bond donors (Lipinski definition) is 1. The first kappa shape index (κ1) is 17.1. The number of hydrogen-bond acceptors (Lipinski definition) is 3. The molecule has 132 valence electrons. The van der Waals surface area contributed by atoms with Crippen LogP contribution < -0.4 is 14.8 Å². The van der Waals surface area contributed by atoms with Gasteiger partial charge in [-0.05, 0) is 41.8 Å². The van der Waals surface area contributed by atoms with Crippen molar-refractivity contribution in [3.63, 3.8) is 0 Å².